The molecule has 1 saturated carbocycles. The second-order valence-electron chi connectivity index (χ2n) is 5.82. The molecule has 2 N–H and O–H groups in total. The number of carboxylic acid groups (broad SMARTS) is 1. The van der Waals surface area contributed by atoms with Crippen LogP contribution in [0, 0.1) is 17.7 Å². The van der Waals surface area contributed by atoms with E-state index in [1.54, 1.807) is 6.07 Å². The molecule has 20 heavy (non-hydrogen) atoms. The summed E-state index contributed by atoms with van der Waals surface area (Å²) in [5.74, 6) is -0.420. The maximum atomic E-state index is 13.5. The van der Waals surface area contributed by atoms with Crippen molar-refractivity contribution in [1.29, 1.82) is 0 Å². The molecule has 3 nitrogen and oxygen atoms in total. The second-order valence-corrected chi connectivity index (χ2v) is 5.82. The van der Waals surface area contributed by atoms with Crippen LogP contribution < -0.4 is 5.32 Å². The van der Waals surface area contributed by atoms with Gasteiger partial charge < -0.3 is 10.4 Å². The number of benzene rings is 1. The first-order valence-corrected chi connectivity index (χ1v) is 7.33. The largest absolute Gasteiger partial charge is 0.478 e. The molecule has 1 aromatic carbocycles. The van der Waals surface area contributed by atoms with Crippen molar-refractivity contribution in [3.05, 3.63) is 29.6 Å². The Morgan fingerprint density at radius 1 is 1.45 bits per heavy atom. The summed E-state index contributed by atoms with van der Waals surface area (Å²) in [7, 11) is 0. The van der Waals surface area contributed by atoms with Gasteiger partial charge in [0.15, 0.2) is 0 Å². The Kier molecular flexibility index (Phi) is 4.99. The van der Waals surface area contributed by atoms with Gasteiger partial charge in [0.1, 0.15) is 11.4 Å². The molecule has 2 atom stereocenters. The highest BCUT2D eigenvalue weighted by Crippen LogP contribution is 2.30. The van der Waals surface area contributed by atoms with Crippen molar-refractivity contribution < 1.29 is 14.3 Å². The van der Waals surface area contributed by atoms with Gasteiger partial charge in [-0.05, 0) is 36.8 Å². The van der Waals surface area contributed by atoms with Gasteiger partial charge in [-0.2, -0.15) is 0 Å². The monoisotopic (exact) mass is 279 g/mol. The molecule has 0 amide bonds. The zero-order valence-electron chi connectivity index (χ0n) is 11.9. The summed E-state index contributed by atoms with van der Waals surface area (Å²) in [5, 5.41) is 12.1. The summed E-state index contributed by atoms with van der Waals surface area (Å²) in [6.07, 6.45) is 6.11. The minimum absolute atomic E-state index is 0.260. The lowest BCUT2D eigenvalue weighted by atomic mass is 9.81. The van der Waals surface area contributed by atoms with E-state index in [4.69, 9.17) is 5.11 Å². The predicted molar refractivity (Wildman–Crippen MR) is 77.6 cm³/mol. The highest BCUT2D eigenvalue weighted by atomic mass is 19.1. The predicted octanol–water partition coefficient (Wildman–Crippen LogP) is 4.15. The van der Waals surface area contributed by atoms with E-state index in [1.807, 2.05) is 0 Å². The number of rotatable bonds is 5. The topological polar surface area (TPSA) is 49.3 Å². The van der Waals surface area contributed by atoms with Crippen LogP contribution in [0.4, 0.5) is 10.1 Å². The molecule has 1 aliphatic rings. The normalized spacial score (nSPS) is 22.5. The third-order valence-corrected chi connectivity index (χ3v) is 4.14. The van der Waals surface area contributed by atoms with Gasteiger partial charge in [0, 0.05) is 6.54 Å². The van der Waals surface area contributed by atoms with Crippen molar-refractivity contribution in [2.75, 3.05) is 11.9 Å². The molecule has 0 radical (unpaired) electrons. The van der Waals surface area contributed by atoms with Gasteiger partial charge in [0.05, 0.1) is 5.69 Å². The summed E-state index contributed by atoms with van der Waals surface area (Å²) >= 11 is 0. The van der Waals surface area contributed by atoms with Crippen LogP contribution in [0.2, 0.25) is 0 Å². The van der Waals surface area contributed by atoms with Gasteiger partial charge in [-0.15, -0.1) is 0 Å². The number of carbonyl (C=O) groups is 1. The zero-order chi connectivity index (χ0) is 14.5. The van der Waals surface area contributed by atoms with E-state index in [-0.39, 0.29) is 5.56 Å². The van der Waals surface area contributed by atoms with Gasteiger partial charge in [-0.1, -0.05) is 32.3 Å². The van der Waals surface area contributed by atoms with Gasteiger partial charge in [0.2, 0.25) is 0 Å². The molecule has 4 heteroatoms. The quantitative estimate of drug-likeness (QED) is 0.851. The summed E-state index contributed by atoms with van der Waals surface area (Å²) < 4.78 is 13.5. The van der Waals surface area contributed by atoms with Crippen LogP contribution in [0.3, 0.4) is 0 Å². The molecular formula is C16H22FNO2. The Hall–Kier alpha value is -1.58. The van der Waals surface area contributed by atoms with Crippen LogP contribution in [-0.4, -0.2) is 17.6 Å². The van der Waals surface area contributed by atoms with Gasteiger partial charge in [0.25, 0.3) is 0 Å². The molecule has 0 saturated heterocycles. The summed E-state index contributed by atoms with van der Waals surface area (Å²) in [4.78, 5) is 11.1. The Morgan fingerprint density at radius 3 is 2.95 bits per heavy atom. The Morgan fingerprint density at radius 2 is 2.25 bits per heavy atom. The number of halogens is 1. The molecule has 0 aromatic heterocycles. The van der Waals surface area contributed by atoms with Crippen molar-refractivity contribution in [2.45, 2.75) is 39.0 Å². The van der Waals surface area contributed by atoms with E-state index in [0.29, 0.717) is 18.2 Å². The van der Waals surface area contributed by atoms with E-state index in [9.17, 15) is 9.18 Å². The van der Waals surface area contributed by atoms with E-state index in [0.717, 1.165) is 12.3 Å². The molecule has 1 aliphatic carbocycles. The van der Waals surface area contributed by atoms with Crippen LogP contribution in [0.25, 0.3) is 0 Å². The summed E-state index contributed by atoms with van der Waals surface area (Å²) in [5.41, 5.74) is 0.117. The maximum Gasteiger partial charge on any atom is 0.340 e. The summed E-state index contributed by atoms with van der Waals surface area (Å²) in [6.45, 7) is 2.98. The van der Waals surface area contributed by atoms with Crippen molar-refractivity contribution in [3.63, 3.8) is 0 Å². The lowest BCUT2D eigenvalue weighted by Crippen LogP contribution is -2.17. The van der Waals surface area contributed by atoms with E-state index < -0.39 is 11.8 Å². The van der Waals surface area contributed by atoms with E-state index in [1.165, 1.54) is 37.8 Å². The smallest absolute Gasteiger partial charge is 0.340 e. The highest BCUT2D eigenvalue weighted by Gasteiger charge is 2.19. The first kappa shape index (κ1) is 14.8. The molecular weight excluding hydrogens is 257 g/mol. The average molecular weight is 279 g/mol. The molecule has 1 fully saturated rings. The number of anilines is 1. The first-order valence-electron chi connectivity index (χ1n) is 7.33. The third kappa shape index (κ3) is 3.71. The van der Waals surface area contributed by atoms with Crippen molar-refractivity contribution in [1.82, 2.24) is 0 Å². The summed E-state index contributed by atoms with van der Waals surface area (Å²) in [6, 6.07) is 4.33. The van der Waals surface area contributed by atoms with Crippen LogP contribution in [0.1, 0.15) is 49.4 Å². The van der Waals surface area contributed by atoms with Crippen LogP contribution in [0.5, 0.6) is 0 Å². The molecule has 0 spiro atoms. The Labute approximate surface area is 119 Å². The molecule has 0 heterocycles. The average Bonchev–Trinajstić information content (AvgIpc) is 2.38. The number of hydrogen-bond donors (Lipinski definition) is 2. The minimum Gasteiger partial charge on any atom is -0.478 e. The molecule has 110 valence electrons. The van der Waals surface area contributed by atoms with Crippen LogP contribution >= 0.6 is 0 Å². The molecule has 2 unspecified atom stereocenters. The molecule has 0 aliphatic heterocycles. The van der Waals surface area contributed by atoms with Gasteiger partial charge in [-0.3, -0.25) is 0 Å². The van der Waals surface area contributed by atoms with Crippen molar-refractivity contribution in [3.8, 4) is 0 Å². The molecule has 2 rings (SSSR count). The number of carboxylic acids is 1. The Bertz CT molecular complexity index is 476. The Balaban J connectivity index is 1.91. The number of hydrogen-bond acceptors (Lipinski definition) is 2. The SMILES string of the molecule is CC1CCCC(CCNc2cccc(F)c2C(=O)O)C1. The first-order chi connectivity index (χ1) is 9.58. The van der Waals surface area contributed by atoms with Crippen molar-refractivity contribution >= 4 is 11.7 Å². The maximum absolute atomic E-state index is 13.5. The lowest BCUT2D eigenvalue weighted by Gasteiger charge is -2.26. The highest BCUT2D eigenvalue weighted by molar-refractivity contribution is 5.94. The lowest BCUT2D eigenvalue weighted by molar-refractivity contribution is 0.0693. The van der Waals surface area contributed by atoms with Crippen LogP contribution in [-0.2, 0) is 0 Å². The van der Waals surface area contributed by atoms with E-state index >= 15 is 0 Å². The fourth-order valence-corrected chi connectivity index (χ4v) is 3.12. The van der Waals surface area contributed by atoms with Crippen LogP contribution in [0.15, 0.2) is 18.2 Å². The van der Waals surface area contributed by atoms with E-state index in [2.05, 4.69) is 12.2 Å². The standard InChI is InChI=1S/C16H22FNO2/c1-11-4-2-5-12(10-11)8-9-18-14-7-3-6-13(17)15(14)16(19)20/h3,6-7,11-12,18H,2,4-5,8-10H2,1H3,(H,19,20). The third-order valence-electron chi connectivity index (χ3n) is 4.14. The number of aromatic carboxylic acids is 1. The molecule has 0 bridgehead atoms. The fourth-order valence-electron chi connectivity index (χ4n) is 3.12. The van der Waals surface area contributed by atoms with Gasteiger partial charge in [-0.25, -0.2) is 9.18 Å². The van der Waals surface area contributed by atoms with Crippen molar-refractivity contribution in [2.24, 2.45) is 11.8 Å². The van der Waals surface area contributed by atoms with Gasteiger partial charge >= 0.3 is 5.97 Å². The second kappa shape index (κ2) is 6.73. The minimum atomic E-state index is -1.23. The number of nitrogens with one attached hydrogen (secondary N) is 1. The molecule has 1 aromatic rings. The fraction of sp³-hybridized carbons (Fsp3) is 0.562. The zero-order valence-corrected chi connectivity index (χ0v) is 11.9.